The molecule has 0 rings (SSSR count). The molecule has 0 aromatic heterocycles. The van der Waals surface area contributed by atoms with Crippen molar-refractivity contribution in [1.82, 2.24) is 0 Å². The molecule has 0 aromatic carbocycles. The molecule has 142 valence electrons. The molecular formula is C22H36O3. The van der Waals surface area contributed by atoms with E-state index in [1.807, 2.05) is 38.2 Å². The van der Waals surface area contributed by atoms with Crippen molar-refractivity contribution >= 4 is 5.97 Å². The molecule has 0 N–H and O–H groups in total. The number of esters is 1. The van der Waals surface area contributed by atoms with Crippen molar-refractivity contribution < 1.29 is 14.3 Å². The third-order valence-electron chi connectivity index (χ3n) is 4.22. The molecule has 0 aliphatic rings. The van der Waals surface area contributed by atoms with Crippen molar-refractivity contribution in [3.05, 3.63) is 48.3 Å². The Labute approximate surface area is 154 Å². The Morgan fingerprint density at radius 1 is 1.20 bits per heavy atom. The van der Waals surface area contributed by atoms with E-state index in [0.29, 0.717) is 11.7 Å². The lowest BCUT2D eigenvalue weighted by Gasteiger charge is -2.26. The van der Waals surface area contributed by atoms with E-state index in [0.717, 1.165) is 18.4 Å². The monoisotopic (exact) mass is 348 g/mol. The number of allylic oxidation sites excluding steroid dienone is 4. The van der Waals surface area contributed by atoms with Gasteiger partial charge in [0.05, 0.1) is 0 Å². The Morgan fingerprint density at radius 3 is 2.36 bits per heavy atom. The van der Waals surface area contributed by atoms with Crippen LogP contribution >= 0.6 is 0 Å². The Morgan fingerprint density at radius 2 is 1.84 bits per heavy atom. The summed E-state index contributed by atoms with van der Waals surface area (Å²) in [6.45, 7) is 18.5. The maximum absolute atomic E-state index is 11.9. The van der Waals surface area contributed by atoms with Crippen molar-refractivity contribution in [2.45, 2.75) is 67.4 Å². The van der Waals surface area contributed by atoms with Crippen molar-refractivity contribution in [3.8, 4) is 0 Å². The van der Waals surface area contributed by atoms with Crippen LogP contribution in [0.5, 0.6) is 0 Å². The predicted octanol–water partition coefficient (Wildman–Crippen LogP) is 5.99. The van der Waals surface area contributed by atoms with Crippen LogP contribution in [0.2, 0.25) is 0 Å². The molecule has 0 aliphatic carbocycles. The summed E-state index contributed by atoms with van der Waals surface area (Å²) in [7, 11) is 0. The lowest BCUT2D eigenvalue weighted by Crippen LogP contribution is -2.20. The highest BCUT2D eigenvalue weighted by atomic mass is 16.6. The Bertz CT molecular complexity index is 504. The molecule has 25 heavy (non-hydrogen) atoms. The third kappa shape index (κ3) is 10.6. The van der Waals surface area contributed by atoms with Gasteiger partial charge in [-0.25, -0.2) is 4.79 Å². The summed E-state index contributed by atoms with van der Waals surface area (Å²) < 4.78 is 10.9. The van der Waals surface area contributed by atoms with E-state index < -0.39 is 5.97 Å². The van der Waals surface area contributed by atoms with Crippen LogP contribution in [0, 0.1) is 11.3 Å². The van der Waals surface area contributed by atoms with Crippen molar-refractivity contribution in [2.75, 3.05) is 6.61 Å². The minimum absolute atomic E-state index is 0.0988. The molecule has 0 bridgehead atoms. The molecule has 2 unspecified atom stereocenters. The van der Waals surface area contributed by atoms with Crippen LogP contribution in [0.4, 0.5) is 0 Å². The molecule has 3 nitrogen and oxygen atoms in total. The average Bonchev–Trinajstić information content (AvgIpc) is 2.51. The van der Waals surface area contributed by atoms with Gasteiger partial charge in [0.2, 0.25) is 0 Å². The minimum Gasteiger partial charge on any atom is -0.482 e. The zero-order valence-electron chi connectivity index (χ0n) is 17.1. The largest absolute Gasteiger partial charge is 0.482 e. The molecule has 3 heteroatoms. The quantitative estimate of drug-likeness (QED) is 0.276. The molecular weight excluding hydrogens is 312 g/mol. The van der Waals surface area contributed by atoms with Crippen LogP contribution in [0.1, 0.15) is 61.3 Å². The van der Waals surface area contributed by atoms with Crippen LogP contribution in [0.15, 0.2) is 48.3 Å². The van der Waals surface area contributed by atoms with E-state index in [1.54, 1.807) is 6.92 Å². The highest BCUT2D eigenvalue weighted by molar-refractivity contribution is 5.71. The number of ether oxygens (including phenoxy) is 2. The summed E-state index contributed by atoms with van der Waals surface area (Å²) in [4.78, 5) is 11.9. The van der Waals surface area contributed by atoms with E-state index in [4.69, 9.17) is 9.47 Å². The molecule has 0 aromatic rings. The van der Waals surface area contributed by atoms with E-state index in [9.17, 15) is 4.79 Å². The topological polar surface area (TPSA) is 35.5 Å². The zero-order chi connectivity index (χ0) is 19.5. The number of carbonyl (C=O) groups excluding carboxylic acids is 1. The van der Waals surface area contributed by atoms with Crippen LogP contribution < -0.4 is 0 Å². The smallest absolute Gasteiger partial charge is 0.344 e. The number of rotatable bonds is 10. The van der Waals surface area contributed by atoms with Gasteiger partial charge in [-0.2, -0.15) is 0 Å². The van der Waals surface area contributed by atoms with Gasteiger partial charge >= 0.3 is 5.97 Å². The minimum atomic E-state index is -0.392. The second kappa shape index (κ2) is 11.7. The highest BCUT2D eigenvalue weighted by Gasteiger charge is 2.18. The van der Waals surface area contributed by atoms with Crippen LogP contribution in [0.25, 0.3) is 0 Å². The van der Waals surface area contributed by atoms with Gasteiger partial charge in [-0.05, 0) is 55.7 Å². The Hall–Kier alpha value is -1.77. The summed E-state index contributed by atoms with van der Waals surface area (Å²) >= 11 is 0. The fraction of sp³-hybridized carbons (Fsp3) is 0.591. The van der Waals surface area contributed by atoms with Gasteiger partial charge in [0.25, 0.3) is 0 Å². The van der Waals surface area contributed by atoms with Gasteiger partial charge in [0.15, 0.2) is 6.61 Å². The van der Waals surface area contributed by atoms with Crippen molar-refractivity contribution in [2.24, 2.45) is 11.3 Å². The van der Waals surface area contributed by atoms with Gasteiger partial charge in [-0.3, -0.25) is 0 Å². The zero-order valence-corrected chi connectivity index (χ0v) is 17.1. The summed E-state index contributed by atoms with van der Waals surface area (Å²) in [5.41, 5.74) is 1.03. The van der Waals surface area contributed by atoms with E-state index >= 15 is 0 Å². The van der Waals surface area contributed by atoms with Gasteiger partial charge in [-0.15, -0.1) is 0 Å². The third-order valence-corrected chi connectivity index (χ3v) is 4.22. The Kier molecular flexibility index (Phi) is 10.9. The first kappa shape index (κ1) is 23.2. The predicted molar refractivity (Wildman–Crippen MR) is 106 cm³/mol. The molecule has 0 aliphatic heterocycles. The van der Waals surface area contributed by atoms with Gasteiger partial charge in [-0.1, -0.05) is 59.4 Å². The normalized spacial score (nSPS) is 15.4. The molecule has 0 heterocycles. The first-order chi connectivity index (χ1) is 11.6. The highest BCUT2D eigenvalue weighted by Crippen LogP contribution is 2.28. The summed E-state index contributed by atoms with van der Waals surface area (Å²) in [6, 6.07) is 0. The molecule has 0 radical (unpaired) electrons. The second-order valence-corrected chi connectivity index (χ2v) is 7.42. The standard InChI is InChI=1S/C22H36O3/c1-9-12-17(3)19(5)25-21(23)16-24-20(13-10-2)15-11-14-18(4)22(6,7)8/h9,11-13,15,18-19H,3,10,14,16H2,1-2,4-8H3/b12-9-,15-11-,20-13+. The number of hydrogen-bond acceptors (Lipinski definition) is 3. The van der Waals surface area contributed by atoms with E-state index in [1.165, 1.54) is 0 Å². The second-order valence-electron chi connectivity index (χ2n) is 7.42. The maximum atomic E-state index is 11.9. The van der Waals surface area contributed by atoms with Crippen LogP contribution in [-0.4, -0.2) is 18.7 Å². The summed E-state index contributed by atoms with van der Waals surface area (Å²) in [5, 5.41) is 0. The fourth-order valence-corrected chi connectivity index (χ4v) is 1.92. The molecule has 0 fully saturated rings. The maximum Gasteiger partial charge on any atom is 0.344 e. The van der Waals surface area contributed by atoms with Crippen LogP contribution in [-0.2, 0) is 14.3 Å². The van der Waals surface area contributed by atoms with Crippen LogP contribution in [0.3, 0.4) is 0 Å². The average molecular weight is 349 g/mol. The lowest BCUT2D eigenvalue weighted by atomic mass is 9.80. The molecule has 0 saturated carbocycles. The van der Waals surface area contributed by atoms with Gasteiger partial charge in [0, 0.05) is 0 Å². The molecule has 0 spiro atoms. The molecule has 0 saturated heterocycles. The van der Waals surface area contributed by atoms with Gasteiger partial charge in [0.1, 0.15) is 11.9 Å². The number of hydrogen-bond donors (Lipinski definition) is 0. The van der Waals surface area contributed by atoms with E-state index in [-0.39, 0.29) is 18.1 Å². The molecule has 0 amide bonds. The van der Waals surface area contributed by atoms with E-state index in [2.05, 4.69) is 40.3 Å². The first-order valence-corrected chi connectivity index (χ1v) is 9.12. The fourth-order valence-electron chi connectivity index (χ4n) is 1.92. The number of carbonyl (C=O) groups is 1. The molecule has 2 atom stereocenters. The Balaban J connectivity index is 4.52. The summed E-state index contributed by atoms with van der Waals surface area (Å²) in [5.74, 6) is 0.882. The van der Waals surface area contributed by atoms with Gasteiger partial charge < -0.3 is 9.47 Å². The summed E-state index contributed by atoms with van der Waals surface area (Å²) in [6.07, 6.45) is 11.2. The SMILES string of the molecule is C=C(/C=C\C)C(C)OC(=O)COC(/C=C\CC(C)C(C)(C)C)=C/CC. The van der Waals surface area contributed by atoms with Crippen molar-refractivity contribution in [3.63, 3.8) is 0 Å². The first-order valence-electron chi connectivity index (χ1n) is 9.12. The van der Waals surface area contributed by atoms with Crippen molar-refractivity contribution in [1.29, 1.82) is 0 Å². The lowest BCUT2D eigenvalue weighted by molar-refractivity contribution is -0.150.